The average molecular weight is 382 g/mol. The molecule has 3 N–H and O–H groups in total. The van der Waals surface area contributed by atoms with E-state index in [1.807, 2.05) is 12.1 Å². The van der Waals surface area contributed by atoms with Gasteiger partial charge in [0.15, 0.2) is 5.79 Å². The van der Waals surface area contributed by atoms with Crippen LogP contribution in [0.15, 0.2) is 24.3 Å². The maximum Gasteiger partial charge on any atom is 0.165 e. The molecule has 155 valence electrons. The van der Waals surface area contributed by atoms with Crippen LogP contribution in [0.2, 0.25) is 0 Å². The van der Waals surface area contributed by atoms with Gasteiger partial charge in [0.2, 0.25) is 0 Å². The Kier molecular flexibility index (Phi) is 12.3. The average Bonchev–Trinajstić information content (AvgIpc) is 2.60. The normalized spacial score (nSPS) is 12.9. The maximum atomic E-state index is 9.55. The Labute approximate surface area is 164 Å². The molecule has 0 saturated heterocycles. The lowest BCUT2D eigenvalue weighted by Gasteiger charge is -2.19. The van der Waals surface area contributed by atoms with Crippen LogP contribution in [0.3, 0.4) is 0 Å². The summed E-state index contributed by atoms with van der Waals surface area (Å²) in [5.41, 5.74) is 1.33. The van der Waals surface area contributed by atoms with Crippen LogP contribution in [0.1, 0.15) is 63.9 Å². The van der Waals surface area contributed by atoms with E-state index in [0.717, 1.165) is 12.2 Å². The minimum absolute atomic E-state index is 0.0130. The van der Waals surface area contributed by atoms with E-state index in [4.69, 9.17) is 19.7 Å². The first kappa shape index (κ1) is 23.9. The zero-order chi connectivity index (χ0) is 20.0. The van der Waals surface area contributed by atoms with Gasteiger partial charge in [-0.2, -0.15) is 0 Å². The monoisotopic (exact) mass is 381 g/mol. The lowest BCUT2D eigenvalue weighted by Crippen LogP contribution is -2.32. The van der Waals surface area contributed by atoms with Gasteiger partial charge < -0.3 is 24.8 Å². The second-order valence-corrected chi connectivity index (χ2v) is 7.28. The highest BCUT2D eigenvalue weighted by molar-refractivity contribution is 5.27. The molecule has 0 fully saturated rings. The summed E-state index contributed by atoms with van der Waals surface area (Å²) in [4.78, 5) is 0. The van der Waals surface area contributed by atoms with Crippen molar-refractivity contribution in [1.82, 2.24) is 0 Å². The summed E-state index contributed by atoms with van der Waals surface area (Å²) in [6, 6.07) is 8.15. The molecule has 5 heteroatoms. The van der Waals surface area contributed by atoms with Gasteiger partial charge in [-0.25, -0.2) is 0 Å². The van der Waals surface area contributed by atoms with Crippen LogP contribution >= 0.6 is 0 Å². The van der Waals surface area contributed by atoms with E-state index in [1.165, 1.54) is 50.5 Å². The van der Waals surface area contributed by atoms with Crippen molar-refractivity contribution in [3.63, 3.8) is 0 Å². The van der Waals surface area contributed by atoms with Gasteiger partial charge in [-0.15, -0.1) is 0 Å². The summed E-state index contributed by atoms with van der Waals surface area (Å²) in [6.45, 7) is 6.06. The third-order valence-corrected chi connectivity index (χ3v) is 4.36. The van der Waals surface area contributed by atoms with Crippen LogP contribution in [-0.2, 0) is 11.2 Å². The summed E-state index contributed by atoms with van der Waals surface area (Å²) < 4.78 is 10.9. The summed E-state index contributed by atoms with van der Waals surface area (Å²) in [7, 11) is 0. The Morgan fingerprint density at radius 2 is 1.59 bits per heavy atom. The van der Waals surface area contributed by atoms with Crippen molar-refractivity contribution in [1.29, 1.82) is 0 Å². The first-order chi connectivity index (χ1) is 12.9. The number of hydrogen-bond donors (Lipinski definition) is 3. The molecular formula is C22H37O5. The molecule has 0 aliphatic carbocycles. The van der Waals surface area contributed by atoms with Crippen LogP contribution in [0, 0.1) is 6.92 Å². The van der Waals surface area contributed by atoms with E-state index in [0.29, 0.717) is 13.2 Å². The van der Waals surface area contributed by atoms with Crippen molar-refractivity contribution in [3.05, 3.63) is 36.8 Å². The van der Waals surface area contributed by atoms with Gasteiger partial charge in [0.25, 0.3) is 0 Å². The quantitative estimate of drug-likeness (QED) is 0.301. The van der Waals surface area contributed by atoms with Crippen LogP contribution < -0.4 is 4.74 Å². The molecule has 0 saturated carbocycles. The highest BCUT2D eigenvalue weighted by Crippen LogP contribution is 2.15. The second-order valence-electron chi connectivity index (χ2n) is 7.28. The largest absolute Gasteiger partial charge is 0.491 e. The molecule has 1 aromatic rings. The van der Waals surface area contributed by atoms with Crippen LogP contribution in [0.25, 0.3) is 0 Å². The van der Waals surface area contributed by atoms with Gasteiger partial charge in [-0.1, -0.05) is 57.6 Å². The van der Waals surface area contributed by atoms with E-state index in [2.05, 4.69) is 26.0 Å². The summed E-state index contributed by atoms with van der Waals surface area (Å²) >= 11 is 0. The third-order valence-electron chi connectivity index (χ3n) is 4.36. The zero-order valence-corrected chi connectivity index (χ0v) is 16.7. The van der Waals surface area contributed by atoms with Crippen LogP contribution in [-0.4, -0.2) is 47.0 Å². The third kappa shape index (κ3) is 13.6. The Hall–Kier alpha value is -1.14. The number of aliphatic hydroxyl groups excluding tert-OH is 1. The molecule has 1 unspecified atom stereocenters. The van der Waals surface area contributed by atoms with Crippen molar-refractivity contribution in [2.75, 3.05) is 19.8 Å². The Morgan fingerprint density at radius 1 is 0.963 bits per heavy atom. The summed E-state index contributed by atoms with van der Waals surface area (Å²) in [5, 5.41) is 27.7. The van der Waals surface area contributed by atoms with Crippen molar-refractivity contribution in [2.24, 2.45) is 0 Å². The summed E-state index contributed by atoms with van der Waals surface area (Å²) in [5.74, 6) is -1.33. The number of aryl methyl sites for hydroxylation is 1. The Balaban J connectivity index is 2.07. The molecule has 0 bridgehead atoms. The fraction of sp³-hybridized carbons (Fsp3) is 0.682. The highest BCUT2D eigenvalue weighted by Gasteiger charge is 2.20. The highest BCUT2D eigenvalue weighted by atomic mass is 16.5. The predicted molar refractivity (Wildman–Crippen MR) is 108 cm³/mol. The molecule has 0 amide bonds. The number of benzene rings is 1. The summed E-state index contributed by atoms with van der Waals surface area (Å²) in [6.07, 6.45) is 9.13. The lowest BCUT2D eigenvalue weighted by molar-refractivity contribution is -0.150. The SMILES string of the molecule is [CH2]C(O)(O)CC(O)COCCOc1ccc(CCCCCCCCC)cc1. The first-order valence-electron chi connectivity index (χ1n) is 10.2. The number of rotatable bonds is 16. The van der Waals surface area contributed by atoms with E-state index in [9.17, 15) is 5.11 Å². The molecule has 0 heterocycles. The molecule has 0 aliphatic rings. The molecule has 1 aromatic carbocycles. The molecule has 27 heavy (non-hydrogen) atoms. The van der Waals surface area contributed by atoms with Gasteiger partial charge in [-0.3, -0.25) is 0 Å². The minimum Gasteiger partial charge on any atom is -0.491 e. The van der Waals surface area contributed by atoms with Crippen molar-refractivity contribution in [3.8, 4) is 5.75 Å². The second kappa shape index (κ2) is 13.9. The fourth-order valence-electron chi connectivity index (χ4n) is 2.91. The molecule has 1 atom stereocenters. The maximum absolute atomic E-state index is 9.55. The van der Waals surface area contributed by atoms with Gasteiger partial charge in [0.05, 0.1) is 19.3 Å². The zero-order valence-electron chi connectivity index (χ0n) is 16.7. The molecule has 0 aliphatic heterocycles. The number of unbranched alkanes of at least 4 members (excludes halogenated alkanes) is 6. The van der Waals surface area contributed by atoms with E-state index in [1.54, 1.807) is 0 Å². The van der Waals surface area contributed by atoms with Crippen molar-refractivity contribution >= 4 is 0 Å². The molecule has 1 radical (unpaired) electrons. The molecule has 5 nitrogen and oxygen atoms in total. The number of ether oxygens (including phenoxy) is 2. The fourth-order valence-corrected chi connectivity index (χ4v) is 2.91. The van der Waals surface area contributed by atoms with Gasteiger partial charge in [0.1, 0.15) is 12.4 Å². The van der Waals surface area contributed by atoms with E-state index >= 15 is 0 Å². The van der Waals surface area contributed by atoms with Crippen LogP contribution in [0.4, 0.5) is 0 Å². The number of hydrogen-bond acceptors (Lipinski definition) is 5. The molecule has 1 rings (SSSR count). The van der Waals surface area contributed by atoms with Crippen LogP contribution in [0.5, 0.6) is 5.75 Å². The van der Waals surface area contributed by atoms with Gasteiger partial charge >= 0.3 is 0 Å². The van der Waals surface area contributed by atoms with Crippen molar-refractivity contribution in [2.45, 2.75) is 76.6 Å². The van der Waals surface area contributed by atoms with E-state index < -0.39 is 11.9 Å². The topological polar surface area (TPSA) is 79.2 Å². The van der Waals surface area contributed by atoms with E-state index in [-0.39, 0.29) is 13.0 Å². The molecule has 0 aromatic heterocycles. The first-order valence-corrected chi connectivity index (χ1v) is 10.2. The number of aliphatic hydroxyl groups is 3. The minimum atomic E-state index is -2.13. The molecular weight excluding hydrogens is 344 g/mol. The predicted octanol–water partition coefficient (Wildman–Crippen LogP) is 3.64. The van der Waals surface area contributed by atoms with Gasteiger partial charge in [0, 0.05) is 13.3 Å². The smallest absolute Gasteiger partial charge is 0.165 e. The molecule has 0 spiro atoms. The lowest BCUT2D eigenvalue weighted by atomic mass is 10.0. The van der Waals surface area contributed by atoms with Crippen molar-refractivity contribution < 1.29 is 24.8 Å². The standard InChI is InChI=1S/C22H37O5/c1-3-4-5-6-7-8-9-10-19-11-13-21(14-12-19)27-16-15-26-18-20(23)17-22(2,24)25/h11-14,20,23-25H,2-10,15-18H2,1H3. The van der Waals surface area contributed by atoms with Gasteiger partial charge in [-0.05, 0) is 30.5 Å². The Morgan fingerprint density at radius 3 is 2.22 bits per heavy atom. The Bertz CT molecular complexity index is 467.